The van der Waals surface area contributed by atoms with Crippen molar-refractivity contribution in [3.8, 4) is 0 Å². The molecule has 0 saturated heterocycles. The first-order valence-electron chi connectivity index (χ1n) is 9.45. The van der Waals surface area contributed by atoms with Crippen LogP contribution in [0.5, 0.6) is 0 Å². The summed E-state index contributed by atoms with van der Waals surface area (Å²) in [5.41, 5.74) is 0.378. The molecule has 8 heteroatoms. The number of nitrogens with zero attached hydrogens (tertiary/aromatic N) is 1. The number of fused-ring (bicyclic) bond motifs is 1. The summed E-state index contributed by atoms with van der Waals surface area (Å²) in [5.74, 6) is -3.89. The van der Waals surface area contributed by atoms with Crippen molar-refractivity contribution in [2.75, 3.05) is 5.32 Å². The van der Waals surface area contributed by atoms with E-state index in [9.17, 15) is 23.6 Å². The molecule has 2 aromatic rings. The van der Waals surface area contributed by atoms with Crippen molar-refractivity contribution in [2.24, 2.45) is 5.92 Å². The third-order valence-corrected chi connectivity index (χ3v) is 4.77. The van der Waals surface area contributed by atoms with E-state index in [1.807, 2.05) is 0 Å². The van der Waals surface area contributed by atoms with E-state index in [2.05, 4.69) is 5.32 Å². The predicted octanol–water partition coefficient (Wildman–Crippen LogP) is 3.02. The van der Waals surface area contributed by atoms with E-state index in [0.717, 1.165) is 4.90 Å². The van der Waals surface area contributed by atoms with Gasteiger partial charge in [-0.05, 0) is 37.1 Å². The van der Waals surface area contributed by atoms with Crippen molar-refractivity contribution < 1.29 is 28.3 Å². The van der Waals surface area contributed by atoms with Crippen molar-refractivity contribution >= 4 is 29.4 Å². The molecule has 0 spiro atoms. The molecule has 0 aromatic heterocycles. The number of nitrogens with one attached hydrogen (secondary N) is 1. The summed E-state index contributed by atoms with van der Waals surface area (Å²) in [6.45, 7) is 4.66. The zero-order valence-corrected chi connectivity index (χ0v) is 16.7. The van der Waals surface area contributed by atoms with Crippen LogP contribution in [0.4, 0.5) is 10.1 Å². The van der Waals surface area contributed by atoms with E-state index in [1.54, 1.807) is 32.0 Å². The molecular formula is C22H21FN2O5. The zero-order chi connectivity index (χ0) is 22.0. The molecule has 3 amide bonds. The Morgan fingerprint density at radius 1 is 0.933 bits per heavy atom. The zero-order valence-electron chi connectivity index (χ0n) is 16.7. The number of carbonyl (C=O) groups is 4. The second-order valence-electron chi connectivity index (χ2n) is 7.26. The number of anilines is 1. The Kier molecular flexibility index (Phi) is 5.96. The monoisotopic (exact) mass is 412 g/mol. The van der Waals surface area contributed by atoms with Gasteiger partial charge in [0, 0.05) is 0 Å². The number of esters is 1. The Labute approximate surface area is 172 Å². The third-order valence-electron chi connectivity index (χ3n) is 4.77. The van der Waals surface area contributed by atoms with Gasteiger partial charge in [0.05, 0.1) is 16.8 Å². The van der Waals surface area contributed by atoms with Gasteiger partial charge in [0.1, 0.15) is 11.9 Å². The minimum atomic E-state index is -1.27. The minimum Gasteiger partial charge on any atom is -0.451 e. The van der Waals surface area contributed by atoms with Crippen LogP contribution in [0.25, 0.3) is 0 Å². The number of hydrogen-bond donors (Lipinski definition) is 1. The molecule has 156 valence electrons. The normalized spacial score (nSPS) is 15.0. The SMILES string of the molecule is CC(C)[C@H](C(=O)O[C@H](C)C(=O)Nc1ccccc1F)N1C(=O)c2ccccc2C1=O. The van der Waals surface area contributed by atoms with Gasteiger partial charge in [0.25, 0.3) is 17.7 Å². The molecule has 0 bridgehead atoms. The molecule has 1 N–H and O–H groups in total. The molecule has 2 atom stereocenters. The van der Waals surface area contributed by atoms with Gasteiger partial charge in [0.2, 0.25) is 0 Å². The number of carbonyl (C=O) groups excluding carboxylic acids is 4. The average Bonchev–Trinajstić information content (AvgIpc) is 2.95. The minimum absolute atomic E-state index is 0.0499. The maximum atomic E-state index is 13.7. The van der Waals surface area contributed by atoms with Gasteiger partial charge in [-0.3, -0.25) is 19.3 Å². The lowest BCUT2D eigenvalue weighted by Crippen LogP contribution is -2.50. The molecule has 0 radical (unpaired) electrons. The maximum absolute atomic E-state index is 13.7. The number of para-hydroxylation sites is 1. The van der Waals surface area contributed by atoms with Crippen molar-refractivity contribution in [3.63, 3.8) is 0 Å². The molecular weight excluding hydrogens is 391 g/mol. The van der Waals surface area contributed by atoms with Gasteiger partial charge in [-0.15, -0.1) is 0 Å². The summed E-state index contributed by atoms with van der Waals surface area (Å²) in [6.07, 6.45) is -1.27. The van der Waals surface area contributed by atoms with E-state index in [0.29, 0.717) is 0 Å². The van der Waals surface area contributed by atoms with Crippen LogP contribution >= 0.6 is 0 Å². The summed E-state index contributed by atoms with van der Waals surface area (Å²) < 4.78 is 19.0. The lowest BCUT2D eigenvalue weighted by atomic mass is 10.0. The van der Waals surface area contributed by atoms with Crippen molar-refractivity contribution in [3.05, 3.63) is 65.5 Å². The van der Waals surface area contributed by atoms with Crippen LogP contribution in [0, 0.1) is 11.7 Å². The summed E-state index contributed by atoms with van der Waals surface area (Å²) >= 11 is 0. The number of rotatable bonds is 6. The first-order chi connectivity index (χ1) is 14.2. The van der Waals surface area contributed by atoms with Gasteiger partial charge in [0.15, 0.2) is 6.10 Å². The van der Waals surface area contributed by atoms with E-state index < -0.39 is 47.6 Å². The molecule has 30 heavy (non-hydrogen) atoms. The van der Waals surface area contributed by atoms with E-state index >= 15 is 0 Å². The Morgan fingerprint density at radius 2 is 1.47 bits per heavy atom. The molecule has 1 heterocycles. The molecule has 7 nitrogen and oxygen atoms in total. The van der Waals surface area contributed by atoms with E-state index in [-0.39, 0.29) is 16.8 Å². The van der Waals surface area contributed by atoms with Crippen LogP contribution < -0.4 is 5.32 Å². The van der Waals surface area contributed by atoms with Crippen molar-refractivity contribution in [1.29, 1.82) is 0 Å². The second-order valence-corrected chi connectivity index (χ2v) is 7.26. The average molecular weight is 412 g/mol. The maximum Gasteiger partial charge on any atom is 0.330 e. The quantitative estimate of drug-likeness (QED) is 0.582. The van der Waals surface area contributed by atoms with Crippen LogP contribution in [0.15, 0.2) is 48.5 Å². The van der Waals surface area contributed by atoms with Gasteiger partial charge in [-0.1, -0.05) is 38.1 Å². The number of amides is 3. The Hall–Kier alpha value is -3.55. The summed E-state index contributed by atoms with van der Waals surface area (Å²) in [7, 11) is 0. The molecule has 0 saturated carbocycles. The van der Waals surface area contributed by atoms with Crippen molar-refractivity contribution in [1.82, 2.24) is 4.90 Å². The smallest absolute Gasteiger partial charge is 0.330 e. The second kappa shape index (κ2) is 8.44. The summed E-state index contributed by atoms with van der Waals surface area (Å²) in [6, 6.07) is 10.7. The molecule has 0 fully saturated rings. The fourth-order valence-corrected chi connectivity index (χ4v) is 3.23. The molecule has 0 aliphatic carbocycles. The lowest BCUT2D eigenvalue weighted by molar-refractivity contribution is -0.158. The first-order valence-corrected chi connectivity index (χ1v) is 9.45. The number of halogens is 1. The van der Waals surface area contributed by atoms with Crippen LogP contribution in [0.3, 0.4) is 0 Å². The first kappa shape index (κ1) is 21.2. The highest BCUT2D eigenvalue weighted by Gasteiger charge is 2.45. The fraction of sp³-hybridized carbons (Fsp3) is 0.273. The number of benzene rings is 2. The third kappa shape index (κ3) is 3.94. The Morgan fingerprint density at radius 3 is 2.00 bits per heavy atom. The van der Waals surface area contributed by atoms with Gasteiger partial charge >= 0.3 is 5.97 Å². The van der Waals surface area contributed by atoms with Gasteiger partial charge in [-0.25, -0.2) is 9.18 Å². The van der Waals surface area contributed by atoms with Gasteiger partial charge < -0.3 is 10.1 Å². The molecule has 0 unspecified atom stereocenters. The van der Waals surface area contributed by atoms with E-state index in [4.69, 9.17) is 4.74 Å². The Balaban J connectivity index is 1.75. The van der Waals surface area contributed by atoms with Crippen LogP contribution in [-0.2, 0) is 14.3 Å². The molecule has 1 aliphatic heterocycles. The predicted molar refractivity (Wildman–Crippen MR) is 106 cm³/mol. The van der Waals surface area contributed by atoms with Gasteiger partial charge in [-0.2, -0.15) is 0 Å². The van der Waals surface area contributed by atoms with E-state index in [1.165, 1.54) is 37.3 Å². The fourth-order valence-electron chi connectivity index (χ4n) is 3.23. The summed E-state index contributed by atoms with van der Waals surface area (Å²) in [5, 5.41) is 2.35. The standard InChI is InChI=1S/C22H21FN2O5/c1-12(2)18(25-20(27)14-8-4-5-9-15(14)21(25)28)22(29)30-13(3)19(26)24-17-11-7-6-10-16(17)23/h4-13,18H,1-3H3,(H,24,26)/t13-,18-/m1/s1. The lowest BCUT2D eigenvalue weighted by Gasteiger charge is -2.28. The highest BCUT2D eigenvalue weighted by atomic mass is 19.1. The highest BCUT2D eigenvalue weighted by Crippen LogP contribution is 2.28. The number of imide groups is 1. The number of hydrogen-bond acceptors (Lipinski definition) is 5. The molecule has 1 aliphatic rings. The Bertz CT molecular complexity index is 985. The number of ether oxygens (including phenoxy) is 1. The topological polar surface area (TPSA) is 92.8 Å². The highest BCUT2D eigenvalue weighted by molar-refractivity contribution is 6.22. The van der Waals surface area contributed by atoms with Crippen LogP contribution in [-0.4, -0.2) is 40.7 Å². The summed E-state index contributed by atoms with van der Waals surface area (Å²) in [4.78, 5) is 51.5. The van der Waals surface area contributed by atoms with Crippen molar-refractivity contribution in [2.45, 2.75) is 32.9 Å². The van der Waals surface area contributed by atoms with Crippen LogP contribution in [0.1, 0.15) is 41.5 Å². The van der Waals surface area contributed by atoms with Crippen LogP contribution in [0.2, 0.25) is 0 Å². The molecule has 2 aromatic carbocycles. The largest absolute Gasteiger partial charge is 0.451 e. The molecule has 3 rings (SSSR count).